The first-order valence-electron chi connectivity index (χ1n) is 10.6. The minimum Gasteiger partial charge on any atom is -0.481 e. The highest BCUT2D eigenvalue weighted by molar-refractivity contribution is 5.83. The van der Waals surface area contributed by atoms with Gasteiger partial charge in [-0.05, 0) is 42.0 Å². The van der Waals surface area contributed by atoms with Crippen LogP contribution in [0.5, 0.6) is 0 Å². The maximum absolute atomic E-state index is 12.5. The molecule has 2 atom stereocenters. The van der Waals surface area contributed by atoms with Crippen molar-refractivity contribution in [2.24, 2.45) is 5.92 Å². The number of piperidine rings is 1. The number of carboxylic acid groups (broad SMARTS) is 1. The summed E-state index contributed by atoms with van der Waals surface area (Å²) in [6.45, 7) is 2.23. The molecule has 0 unspecified atom stereocenters. The fourth-order valence-corrected chi connectivity index (χ4v) is 4.67. The summed E-state index contributed by atoms with van der Waals surface area (Å²) in [4.78, 5) is 37.5. The molecule has 7 heteroatoms. The second-order valence-electron chi connectivity index (χ2n) is 8.17. The largest absolute Gasteiger partial charge is 0.481 e. The molecule has 1 aliphatic heterocycles. The summed E-state index contributed by atoms with van der Waals surface area (Å²) in [6.07, 6.45) is 0.214. The lowest BCUT2D eigenvalue weighted by Crippen LogP contribution is -2.49. The minimum atomic E-state index is -0.823. The van der Waals surface area contributed by atoms with Crippen molar-refractivity contribution >= 4 is 18.0 Å². The monoisotopic (exact) mass is 422 g/mol. The van der Waals surface area contributed by atoms with Crippen molar-refractivity contribution in [3.63, 3.8) is 0 Å². The number of carbonyl (C=O) groups is 3. The Hall–Kier alpha value is -3.35. The zero-order valence-electron chi connectivity index (χ0n) is 17.4. The van der Waals surface area contributed by atoms with Gasteiger partial charge in [0.2, 0.25) is 5.91 Å². The van der Waals surface area contributed by atoms with E-state index in [0.717, 1.165) is 22.3 Å². The summed E-state index contributed by atoms with van der Waals surface area (Å²) in [5, 5.41) is 11.7. The summed E-state index contributed by atoms with van der Waals surface area (Å²) in [5.41, 5.74) is 4.56. The first-order valence-corrected chi connectivity index (χ1v) is 10.6. The van der Waals surface area contributed by atoms with Gasteiger partial charge in [-0.15, -0.1) is 0 Å². The van der Waals surface area contributed by atoms with E-state index in [9.17, 15) is 14.4 Å². The third-order valence-corrected chi connectivity index (χ3v) is 6.27. The van der Waals surface area contributed by atoms with Gasteiger partial charge in [0.05, 0.1) is 5.92 Å². The van der Waals surface area contributed by atoms with Crippen molar-refractivity contribution in [3.05, 3.63) is 59.7 Å². The topological polar surface area (TPSA) is 95.9 Å². The van der Waals surface area contributed by atoms with Crippen LogP contribution in [0.15, 0.2) is 48.5 Å². The predicted octanol–water partition coefficient (Wildman–Crippen LogP) is 3.24. The van der Waals surface area contributed by atoms with Crippen molar-refractivity contribution < 1.29 is 24.2 Å². The quantitative estimate of drug-likeness (QED) is 0.771. The fourth-order valence-electron chi connectivity index (χ4n) is 4.67. The van der Waals surface area contributed by atoms with Gasteiger partial charge < -0.3 is 20.1 Å². The molecule has 2 aliphatic rings. The third kappa shape index (κ3) is 4.26. The number of likely N-dealkylation sites (tertiary alicyclic amines) is 1. The van der Waals surface area contributed by atoms with E-state index >= 15 is 0 Å². The summed E-state index contributed by atoms with van der Waals surface area (Å²) < 4.78 is 5.45. The van der Waals surface area contributed by atoms with Crippen molar-refractivity contribution in [1.29, 1.82) is 0 Å². The number of fused-ring (bicyclic) bond motifs is 3. The number of carbonyl (C=O) groups excluding carboxylic acids is 2. The number of rotatable bonds is 5. The second kappa shape index (κ2) is 8.79. The van der Waals surface area contributed by atoms with E-state index in [1.54, 1.807) is 4.90 Å². The highest BCUT2D eigenvalue weighted by Gasteiger charge is 2.32. The van der Waals surface area contributed by atoms with E-state index in [2.05, 4.69) is 17.4 Å². The Bertz CT molecular complexity index is 959. The molecule has 4 rings (SSSR count). The SMILES string of the molecule is C[C@@H]1C[C@H](C(=O)O)CCN1C(=O)CNC(=O)OCC1c2ccccc2-c2ccccc21. The first kappa shape index (κ1) is 20.9. The molecule has 7 nitrogen and oxygen atoms in total. The number of nitrogens with one attached hydrogen (secondary N) is 1. The van der Waals surface area contributed by atoms with E-state index in [4.69, 9.17) is 9.84 Å². The zero-order valence-corrected chi connectivity index (χ0v) is 17.4. The number of amides is 2. The minimum absolute atomic E-state index is 0.0380. The first-order chi connectivity index (χ1) is 15.0. The Morgan fingerprint density at radius 1 is 1.06 bits per heavy atom. The van der Waals surface area contributed by atoms with E-state index in [0.29, 0.717) is 19.4 Å². The summed E-state index contributed by atoms with van der Waals surface area (Å²) in [6, 6.07) is 16.0. The Kier molecular flexibility index (Phi) is 5.93. The number of nitrogens with zero attached hydrogens (tertiary/aromatic N) is 1. The van der Waals surface area contributed by atoms with Gasteiger partial charge >= 0.3 is 12.1 Å². The molecular weight excluding hydrogens is 396 g/mol. The van der Waals surface area contributed by atoms with E-state index in [1.807, 2.05) is 43.3 Å². The van der Waals surface area contributed by atoms with Crippen LogP contribution in [-0.4, -0.2) is 53.7 Å². The van der Waals surface area contributed by atoms with E-state index in [1.165, 1.54) is 0 Å². The molecule has 1 heterocycles. The van der Waals surface area contributed by atoms with Crippen LogP contribution in [0.4, 0.5) is 4.79 Å². The second-order valence-corrected chi connectivity index (χ2v) is 8.17. The Balaban J connectivity index is 1.30. The molecule has 2 aromatic rings. The Morgan fingerprint density at radius 2 is 1.68 bits per heavy atom. The third-order valence-electron chi connectivity index (χ3n) is 6.27. The molecule has 2 aromatic carbocycles. The molecule has 0 spiro atoms. The Labute approximate surface area is 181 Å². The Morgan fingerprint density at radius 3 is 2.26 bits per heavy atom. The van der Waals surface area contributed by atoms with Gasteiger partial charge in [0, 0.05) is 18.5 Å². The van der Waals surface area contributed by atoms with Crippen LogP contribution < -0.4 is 5.32 Å². The highest BCUT2D eigenvalue weighted by Crippen LogP contribution is 2.44. The summed E-state index contributed by atoms with van der Waals surface area (Å²) in [5.74, 6) is -1.52. The number of aliphatic carboxylic acids is 1. The maximum atomic E-state index is 12.5. The number of alkyl carbamates (subject to hydrolysis) is 1. The molecule has 1 fully saturated rings. The number of hydrogen-bond acceptors (Lipinski definition) is 4. The average Bonchev–Trinajstić information content (AvgIpc) is 3.09. The molecular formula is C24H26N2O5. The molecule has 0 radical (unpaired) electrons. The number of carboxylic acids is 1. The molecule has 0 bridgehead atoms. The van der Waals surface area contributed by atoms with Crippen LogP contribution in [-0.2, 0) is 14.3 Å². The van der Waals surface area contributed by atoms with Gasteiger partial charge in [0.15, 0.2) is 0 Å². The van der Waals surface area contributed by atoms with Gasteiger partial charge in [-0.2, -0.15) is 0 Å². The lowest BCUT2D eigenvalue weighted by molar-refractivity contribution is -0.147. The maximum Gasteiger partial charge on any atom is 0.407 e. The smallest absolute Gasteiger partial charge is 0.407 e. The van der Waals surface area contributed by atoms with Crippen LogP contribution in [0.2, 0.25) is 0 Å². The normalized spacial score (nSPS) is 20.0. The lowest BCUT2D eigenvalue weighted by atomic mass is 9.92. The van der Waals surface area contributed by atoms with Crippen molar-refractivity contribution in [3.8, 4) is 11.1 Å². The van der Waals surface area contributed by atoms with Gasteiger partial charge in [-0.25, -0.2) is 4.79 Å². The summed E-state index contributed by atoms with van der Waals surface area (Å²) in [7, 11) is 0. The van der Waals surface area contributed by atoms with Crippen LogP contribution >= 0.6 is 0 Å². The van der Waals surface area contributed by atoms with Crippen molar-refractivity contribution in [2.75, 3.05) is 19.7 Å². The molecule has 1 aliphatic carbocycles. The zero-order chi connectivity index (χ0) is 22.0. The summed E-state index contributed by atoms with van der Waals surface area (Å²) >= 11 is 0. The van der Waals surface area contributed by atoms with Crippen LogP contribution in [0, 0.1) is 5.92 Å². The molecule has 1 saturated heterocycles. The standard InChI is InChI=1S/C24H26N2O5/c1-15-12-16(23(28)29)10-11-26(15)22(27)13-25-24(30)31-14-21-19-8-4-2-6-17(19)18-7-3-5-9-20(18)21/h2-9,15-16,21H,10-14H2,1H3,(H,25,30)(H,28,29)/t15-,16-/m1/s1. The molecule has 0 aromatic heterocycles. The van der Waals surface area contributed by atoms with Crippen molar-refractivity contribution in [2.45, 2.75) is 31.7 Å². The van der Waals surface area contributed by atoms with Gasteiger partial charge in [0.25, 0.3) is 0 Å². The van der Waals surface area contributed by atoms with Crippen LogP contribution in [0.1, 0.15) is 36.8 Å². The predicted molar refractivity (Wildman–Crippen MR) is 115 cm³/mol. The van der Waals surface area contributed by atoms with E-state index < -0.39 is 18.0 Å². The van der Waals surface area contributed by atoms with Gasteiger partial charge in [-0.1, -0.05) is 48.5 Å². The fraction of sp³-hybridized carbons (Fsp3) is 0.375. The van der Waals surface area contributed by atoms with Crippen molar-refractivity contribution in [1.82, 2.24) is 10.2 Å². The molecule has 2 amide bonds. The highest BCUT2D eigenvalue weighted by atomic mass is 16.5. The molecule has 162 valence electrons. The number of ether oxygens (including phenoxy) is 1. The molecule has 2 N–H and O–H groups in total. The van der Waals surface area contributed by atoms with Gasteiger partial charge in [-0.3, -0.25) is 9.59 Å². The number of benzene rings is 2. The average molecular weight is 422 g/mol. The molecule has 31 heavy (non-hydrogen) atoms. The van der Waals surface area contributed by atoms with E-state index in [-0.39, 0.29) is 31.0 Å². The lowest BCUT2D eigenvalue weighted by Gasteiger charge is -2.36. The number of hydrogen-bond donors (Lipinski definition) is 2. The van der Waals surface area contributed by atoms with Crippen LogP contribution in [0.3, 0.4) is 0 Å². The van der Waals surface area contributed by atoms with Crippen LogP contribution in [0.25, 0.3) is 11.1 Å². The van der Waals surface area contributed by atoms with Gasteiger partial charge in [0.1, 0.15) is 13.2 Å². The molecule has 0 saturated carbocycles.